The van der Waals surface area contributed by atoms with Crippen molar-refractivity contribution >= 4 is 50.0 Å². The van der Waals surface area contributed by atoms with Crippen molar-refractivity contribution in [2.75, 3.05) is 13.7 Å². The number of methoxy groups -OCH3 is 1. The van der Waals surface area contributed by atoms with Gasteiger partial charge in [0, 0.05) is 0 Å². The summed E-state index contributed by atoms with van der Waals surface area (Å²) < 4.78 is 9.57. The van der Waals surface area contributed by atoms with Crippen LogP contribution in [0.3, 0.4) is 0 Å². The first-order valence-corrected chi connectivity index (χ1v) is 13.6. The van der Waals surface area contributed by atoms with E-state index in [9.17, 15) is 19.2 Å². The number of carbonyl (C=O) groups excluding carboxylic acids is 4. The van der Waals surface area contributed by atoms with E-state index in [0.29, 0.717) is 10.6 Å². The molecule has 2 N–H and O–H groups in total. The molecule has 0 radical (unpaired) electrons. The molecule has 23 heavy (non-hydrogen) atoms. The Labute approximate surface area is 146 Å². The summed E-state index contributed by atoms with van der Waals surface area (Å²) in [4.78, 5) is 45.5. The van der Waals surface area contributed by atoms with Crippen molar-refractivity contribution < 1.29 is 28.7 Å². The molecule has 2 amide bonds. The fourth-order valence-electron chi connectivity index (χ4n) is 1.45. The van der Waals surface area contributed by atoms with Crippen LogP contribution in [-0.2, 0) is 28.7 Å². The Hall–Kier alpha value is -1.08. The summed E-state index contributed by atoms with van der Waals surface area (Å²) in [5.74, 6) is -1.53. The normalized spacial score (nSPS) is 12.7. The molecule has 0 spiro atoms. The molecule has 0 fully saturated rings. The predicted molar refractivity (Wildman–Crippen MR) is 85.0 cm³/mol. The zero-order valence-electron chi connectivity index (χ0n) is 13.5. The first-order valence-electron chi connectivity index (χ1n) is 6.84. The number of hydrogen-bond acceptors (Lipinski definition) is 6. The van der Waals surface area contributed by atoms with Crippen molar-refractivity contribution in [3.63, 3.8) is 0 Å². The van der Waals surface area contributed by atoms with Crippen LogP contribution in [-0.4, -0.2) is 75.8 Å². The number of nitrogens with one attached hydrogen (secondary N) is 2. The van der Waals surface area contributed by atoms with Crippen molar-refractivity contribution in [1.29, 1.82) is 0 Å². The average molecular weight is 460 g/mol. The van der Waals surface area contributed by atoms with Gasteiger partial charge in [0.15, 0.2) is 0 Å². The van der Waals surface area contributed by atoms with Crippen molar-refractivity contribution in [3.05, 3.63) is 0 Å². The second kappa shape index (κ2) is 12.4. The van der Waals surface area contributed by atoms with Gasteiger partial charge in [0.25, 0.3) is 0 Å². The van der Waals surface area contributed by atoms with Gasteiger partial charge in [-0.2, -0.15) is 0 Å². The first-order chi connectivity index (χ1) is 10.8. The molecule has 0 heterocycles. The average Bonchev–Trinajstić information content (AvgIpc) is 2.47. The van der Waals surface area contributed by atoms with E-state index in [0.717, 1.165) is 0 Å². The fraction of sp³-hybridized carbons (Fsp3) is 0.692. The Balaban J connectivity index is 4.39. The molecule has 0 bridgehead atoms. The van der Waals surface area contributed by atoms with E-state index in [-0.39, 0.29) is 44.7 Å². The van der Waals surface area contributed by atoms with Crippen LogP contribution in [0, 0.1) is 0 Å². The van der Waals surface area contributed by atoms with Crippen LogP contribution in [0.5, 0.6) is 0 Å². The van der Waals surface area contributed by atoms with E-state index in [1.54, 1.807) is 6.92 Å². The Morgan fingerprint density at radius 2 is 1.35 bits per heavy atom. The molecule has 0 saturated carbocycles. The van der Waals surface area contributed by atoms with Crippen molar-refractivity contribution in [1.82, 2.24) is 10.6 Å². The maximum atomic E-state index is 11.8. The van der Waals surface area contributed by atoms with Gasteiger partial charge in [0.2, 0.25) is 0 Å². The van der Waals surface area contributed by atoms with Crippen molar-refractivity contribution in [3.8, 4) is 0 Å². The third-order valence-electron chi connectivity index (χ3n) is 2.36. The Morgan fingerprint density at radius 1 is 0.913 bits per heavy atom. The van der Waals surface area contributed by atoms with Gasteiger partial charge in [-0.15, -0.1) is 0 Å². The molecule has 10 heteroatoms. The third-order valence-corrected chi connectivity index (χ3v) is 9.47. The number of amides is 2. The van der Waals surface area contributed by atoms with E-state index in [1.807, 2.05) is 0 Å². The first kappa shape index (κ1) is 21.9. The van der Waals surface area contributed by atoms with Crippen LogP contribution in [0.2, 0.25) is 10.6 Å². The van der Waals surface area contributed by atoms with Crippen molar-refractivity contribution in [2.45, 2.75) is 43.5 Å². The number of rotatable bonds is 10. The van der Waals surface area contributed by atoms with Gasteiger partial charge in [-0.25, -0.2) is 0 Å². The third kappa shape index (κ3) is 10.3. The molecule has 0 aromatic carbocycles. The summed E-state index contributed by atoms with van der Waals surface area (Å²) in [5.41, 5.74) is 0. The SMILES string of the molecule is CCOC(=O)[C@H](C[Se][Se]C[C@H](NC(C)=O)C(=O)OC)NC(C)=O. The van der Waals surface area contributed by atoms with Gasteiger partial charge < -0.3 is 0 Å². The van der Waals surface area contributed by atoms with Gasteiger partial charge in [-0.1, -0.05) is 0 Å². The molecule has 0 unspecified atom stereocenters. The Morgan fingerprint density at radius 3 is 1.70 bits per heavy atom. The van der Waals surface area contributed by atoms with Crippen LogP contribution in [0.4, 0.5) is 0 Å². The summed E-state index contributed by atoms with van der Waals surface area (Å²) in [5, 5.41) is 6.08. The standard InChI is InChI=1S/C13H22N2O6Se2/c1-5-21-13(19)11(15-9(3)17)7-23-22-6-10(12(18)20-4)14-8(2)16/h10-11H,5-7H2,1-4H3,(H,14,16)(H,15,17)/t10-,11-/m0/s1. The monoisotopic (exact) mass is 462 g/mol. The molecule has 0 aliphatic heterocycles. The fourth-order valence-corrected chi connectivity index (χ4v) is 8.41. The Bertz CT molecular complexity index is 433. The van der Waals surface area contributed by atoms with E-state index in [4.69, 9.17) is 4.74 Å². The second-order valence-corrected chi connectivity index (χ2v) is 11.9. The van der Waals surface area contributed by atoms with Crippen LogP contribution in [0.25, 0.3) is 0 Å². The minimum absolute atomic E-state index is 0.0531. The summed E-state index contributed by atoms with van der Waals surface area (Å²) >= 11 is 0.106. The topological polar surface area (TPSA) is 111 Å². The minimum atomic E-state index is -0.666. The molecular formula is C13H22N2O6Se2. The molecule has 0 aliphatic carbocycles. The summed E-state index contributed by atoms with van der Waals surface area (Å²) in [6, 6.07) is -1.33. The molecule has 132 valence electrons. The van der Waals surface area contributed by atoms with E-state index in [2.05, 4.69) is 15.4 Å². The zero-order valence-corrected chi connectivity index (χ0v) is 17.0. The van der Waals surface area contributed by atoms with Crippen molar-refractivity contribution in [2.24, 2.45) is 0 Å². The maximum absolute atomic E-state index is 11.8. The van der Waals surface area contributed by atoms with Gasteiger partial charge in [0.1, 0.15) is 0 Å². The molecular weight excluding hydrogens is 438 g/mol. The van der Waals surface area contributed by atoms with Gasteiger partial charge in [0.05, 0.1) is 0 Å². The molecule has 0 rings (SSSR count). The van der Waals surface area contributed by atoms with Crippen LogP contribution in [0.15, 0.2) is 0 Å². The van der Waals surface area contributed by atoms with Crippen LogP contribution >= 0.6 is 0 Å². The van der Waals surface area contributed by atoms with Crippen LogP contribution < -0.4 is 10.6 Å². The van der Waals surface area contributed by atoms with E-state index in [1.165, 1.54) is 21.0 Å². The molecule has 0 aliphatic rings. The van der Waals surface area contributed by atoms with Gasteiger partial charge in [-0.05, 0) is 0 Å². The predicted octanol–water partition coefficient (Wildman–Crippen LogP) is -1.11. The molecule has 0 aromatic heterocycles. The molecule has 2 atom stereocenters. The molecule has 8 nitrogen and oxygen atoms in total. The summed E-state index contributed by atoms with van der Waals surface area (Å²) in [6.07, 6.45) is 0. The number of ether oxygens (including phenoxy) is 2. The van der Waals surface area contributed by atoms with E-state index < -0.39 is 24.0 Å². The van der Waals surface area contributed by atoms with Gasteiger partial charge >= 0.3 is 147 Å². The Kier molecular flexibility index (Phi) is 11.8. The van der Waals surface area contributed by atoms with Gasteiger partial charge in [-0.3, -0.25) is 0 Å². The second-order valence-electron chi connectivity index (χ2n) is 4.35. The summed E-state index contributed by atoms with van der Waals surface area (Å²) in [6.45, 7) is 4.63. The molecule has 0 aromatic rings. The molecule has 0 saturated heterocycles. The zero-order chi connectivity index (χ0) is 17.8. The quantitative estimate of drug-likeness (QED) is 0.243. The summed E-state index contributed by atoms with van der Waals surface area (Å²) in [7, 11) is 1.27. The number of esters is 2. The number of hydrogen-bond donors (Lipinski definition) is 2. The van der Waals surface area contributed by atoms with Crippen LogP contribution in [0.1, 0.15) is 20.8 Å². The number of carbonyl (C=O) groups is 4. The van der Waals surface area contributed by atoms with E-state index >= 15 is 0 Å².